The monoisotopic (exact) mass is 686 g/mol. The van der Waals surface area contributed by atoms with Gasteiger partial charge in [0.25, 0.3) is 0 Å². The highest BCUT2D eigenvalue weighted by Crippen LogP contribution is 2.32. The molecule has 14 heteroatoms. The van der Waals surface area contributed by atoms with E-state index in [4.69, 9.17) is 34.5 Å². The lowest BCUT2D eigenvalue weighted by molar-refractivity contribution is -0.133. The van der Waals surface area contributed by atoms with Crippen molar-refractivity contribution in [3.63, 3.8) is 0 Å². The van der Waals surface area contributed by atoms with Crippen LogP contribution in [0.1, 0.15) is 36.5 Å². The Kier molecular flexibility index (Phi) is 12.7. The third kappa shape index (κ3) is 9.20. The lowest BCUT2D eigenvalue weighted by Crippen LogP contribution is -2.36. The predicted octanol–water partition coefficient (Wildman–Crippen LogP) is 3.77. The molecule has 0 spiro atoms. The summed E-state index contributed by atoms with van der Waals surface area (Å²) in [5.74, 6) is 0.468. The molecule has 0 aliphatic carbocycles. The van der Waals surface area contributed by atoms with E-state index in [1.54, 1.807) is 6.20 Å². The molecule has 0 fully saturated rings. The normalized spacial score (nSPS) is 13.0. The van der Waals surface area contributed by atoms with Gasteiger partial charge in [-0.05, 0) is 41.7 Å². The third-order valence-corrected chi connectivity index (χ3v) is 8.50. The van der Waals surface area contributed by atoms with E-state index in [9.17, 15) is 4.79 Å². The molecule has 0 atom stereocenters. The van der Waals surface area contributed by atoms with Crippen LogP contribution in [0.4, 0.5) is 5.82 Å². The van der Waals surface area contributed by atoms with E-state index in [-0.39, 0.29) is 5.91 Å². The molecule has 0 unspecified atom stereocenters. The van der Waals surface area contributed by atoms with Gasteiger partial charge in [-0.25, -0.2) is 19.6 Å². The average Bonchev–Trinajstić information content (AvgIpc) is 3.76. The van der Waals surface area contributed by atoms with Gasteiger partial charge >= 0.3 is 0 Å². The minimum absolute atomic E-state index is 0.0910. The van der Waals surface area contributed by atoms with Crippen LogP contribution in [0.25, 0.3) is 33.3 Å². The van der Waals surface area contributed by atoms with Crippen molar-refractivity contribution in [1.29, 1.82) is 0 Å². The van der Waals surface area contributed by atoms with Crippen molar-refractivity contribution >= 4 is 33.8 Å². The van der Waals surface area contributed by atoms with Crippen LogP contribution in [0, 0.1) is 0 Å². The molecule has 266 valence electrons. The van der Waals surface area contributed by atoms with Gasteiger partial charge in [0.1, 0.15) is 23.5 Å². The van der Waals surface area contributed by atoms with Crippen molar-refractivity contribution in [2.75, 3.05) is 78.3 Å². The van der Waals surface area contributed by atoms with Crippen LogP contribution in [0.3, 0.4) is 0 Å². The smallest absolute Gasteiger partial charge is 0.225 e. The molecule has 1 aliphatic heterocycles. The van der Waals surface area contributed by atoms with Crippen LogP contribution in [0.5, 0.6) is 0 Å². The Morgan fingerprint density at radius 2 is 1.58 bits per heavy atom. The van der Waals surface area contributed by atoms with Gasteiger partial charge in [-0.2, -0.15) is 5.10 Å². The highest BCUT2D eigenvalue weighted by atomic mass is 16.6. The number of ether oxygens (including phenoxy) is 5. The highest BCUT2D eigenvalue weighted by Gasteiger charge is 2.22. The van der Waals surface area contributed by atoms with Gasteiger partial charge in [-0.3, -0.25) is 4.79 Å². The Morgan fingerprint density at radius 1 is 0.860 bits per heavy atom. The molecule has 6 rings (SSSR count). The first-order chi connectivity index (χ1) is 24.6. The Morgan fingerprint density at radius 3 is 2.32 bits per heavy atom. The lowest BCUT2D eigenvalue weighted by atomic mass is 9.97. The molecule has 5 heterocycles. The molecule has 14 nitrogen and oxygen atoms in total. The standard InChI is InChI=1S/C36H46N8O6/c1-2-10-46-12-14-48-16-18-50-19-17-49-15-13-47-11-7-31(45)43-9-6-27-20-26(3-4-29(27)24-43)23-44-36-32(34(37)40-25-41-36)33(42-44)30-21-28-5-8-38-35(28)39-22-30/h3-5,8,20-22,25H,2,6-7,9-19,23-24H2,1H3,(H,38,39)(H2,37,40,41). The van der Waals surface area contributed by atoms with Crippen LogP contribution in [0.15, 0.2) is 49.1 Å². The van der Waals surface area contributed by atoms with Crippen molar-refractivity contribution in [1.82, 2.24) is 34.6 Å². The summed E-state index contributed by atoms with van der Waals surface area (Å²) in [7, 11) is 0. The van der Waals surface area contributed by atoms with Crippen molar-refractivity contribution in [3.05, 3.63) is 65.7 Å². The second-order valence-electron chi connectivity index (χ2n) is 12.1. The number of carbonyl (C=O) groups is 1. The Balaban J connectivity index is 0.919. The number of nitrogens with zero attached hydrogens (tertiary/aromatic N) is 6. The maximum Gasteiger partial charge on any atom is 0.225 e. The van der Waals surface area contributed by atoms with Gasteiger partial charge in [0.2, 0.25) is 5.91 Å². The summed E-state index contributed by atoms with van der Waals surface area (Å²) >= 11 is 0. The molecule has 50 heavy (non-hydrogen) atoms. The van der Waals surface area contributed by atoms with Crippen molar-refractivity contribution in [2.24, 2.45) is 0 Å². The van der Waals surface area contributed by atoms with Crippen molar-refractivity contribution in [3.8, 4) is 11.3 Å². The number of rotatable bonds is 20. The zero-order valence-electron chi connectivity index (χ0n) is 28.6. The van der Waals surface area contributed by atoms with Gasteiger partial charge in [0.05, 0.1) is 77.8 Å². The quantitative estimate of drug-likeness (QED) is 0.115. The van der Waals surface area contributed by atoms with Crippen molar-refractivity contribution in [2.45, 2.75) is 39.3 Å². The van der Waals surface area contributed by atoms with E-state index in [1.165, 1.54) is 11.9 Å². The number of nitrogen functional groups attached to an aromatic ring is 1. The zero-order valence-corrected chi connectivity index (χ0v) is 28.6. The number of pyridine rings is 1. The average molecular weight is 687 g/mol. The van der Waals surface area contributed by atoms with Gasteiger partial charge in [0, 0.05) is 43.0 Å². The molecule has 3 N–H and O–H groups in total. The second-order valence-corrected chi connectivity index (χ2v) is 12.1. The number of aromatic nitrogens is 6. The molecule has 1 aliphatic rings. The first-order valence-corrected chi connectivity index (χ1v) is 17.3. The Bertz CT molecular complexity index is 1840. The van der Waals surface area contributed by atoms with E-state index in [1.807, 2.05) is 27.9 Å². The number of nitrogens with two attached hydrogens (primary N) is 1. The first-order valence-electron chi connectivity index (χ1n) is 17.3. The van der Waals surface area contributed by atoms with Crippen molar-refractivity contribution < 1.29 is 28.5 Å². The topological polar surface area (TPSA) is 165 Å². The molecule has 5 aromatic rings. The third-order valence-electron chi connectivity index (χ3n) is 8.50. The molecule has 0 saturated heterocycles. The number of benzene rings is 1. The SMILES string of the molecule is CCCOCCOCCOCCOCCOCCC(=O)N1CCc2cc(Cn3nc(-c4cnc5[nH]ccc5c4)c4c(N)ncnc43)ccc2C1. The number of anilines is 1. The van der Waals surface area contributed by atoms with Crippen LogP contribution in [0.2, 0.25) is 0 Å². The fourth-order valence-corrected chi connectivity index (χ4v) is 5.95. The maximum atomic E-state index is 12.9. The zero-order chi connectivity index (χ0) is 34.5. The van der Waals surface area contributed by atoms with E-state index >= 15 is 0 Å². The van der Waals surface area contributed by atoms with Gasteiger partial charge in [0.15, 0.2) is 5.65 Å². The summed E-state index contributed by atoms with van der Waals surface area (Å²) in [6.45, 7) is 9.13. The molecular weight excluding hydrogens is 640 g/mol. The second kappa shape index (κ2) is 18.0. The number of aromatic amines is 1. The molecule has 0 saturated carbocycles. The summed E-state index contributed by atoms with van der Waals surface area (Å²) in [6.07, 6.45) is 7.25. The van der Waals surface area contributed by atoms with E-state index in [2.05, 4.69) is 45.1 Å². The van der Waals surface area contributed by atoms with Crippen LogP contribution < -0.4 is 5.73 Å². The van der Waals surface area contributed by atoms with Crippen LogP contribution in [-0.2, 0) is 48.0 Å². The first kappa shape index (κ1) is 35.4. The van der Waals surface area contributed by atoms with E-state index in [0.29, 0.717) is 108 Å². The molecule has 0 radical (unpaired) electrons. The summed E-state index contributed by atoms with van der Waals surface area (Å²) in [5, 5.41) is 6.63. The Labute approximate surface area is 291 Å². The fraction of sp³-hybridized carbons (Fsp3) is 0.472. The van der Waals surface area contributed by atoms with Crippen LogP contribution >= 0.6 is 0 Å². The largest absolute Gasteiger partial charge is 0.383 e. The number of H-pyrrole nitrogens is 1. The maximum absolute atomic E-state index is 12.9. The Hall–Kier alpha value is -4.47. The summed E-state index contributed by atoms with van der Waals surface area (Å²) in [5.41, 5.74) is 12.8. The molecule has 4 aromatic heterocycles. The number of hydrogen-bond donors (Lipinski definition) is 2. The highest BCUT2D eigenvalue weighted by molar-refractivity contribution is 5.99. The van der Waals surface area contributed by atoms with Gasteiger partial charge in [-0.15, -0.1) is 0 Å². The number of nitrogens with one attached hydrogen (secondary N) is 1. The van der Waals surface area contributed by atoms with Gasteiger partial charge in [-0.1, -0.05) is 25.1 Å². The molecule has 0 bridgehead atoms. The fourth-order valence-electron chi connectivity index (χ4n) is 5.95. The van der Waals surface area contributed by atoms with Crippen LogP contribution in [-0.4, -0.2) is 113 Å². The minimum Gasteiger partial charge on any atom is -0.383 e. The van der Waals surface area contributed by atoms with Gasteiger partial charge < -0.3 is 39.3 Å². The molecular formula is C36H46N8O6. The number of carbonyl (C=O) groups excluding carboxylic acids is 1. The number of amides is 1. The molecule has 1 aromatic carbocycles. The van der Waals surface area contributed by atoms with E-state index in [0.717, 1.165) is 47.2 Å². The molecule has 1 amide bonds. The lowest BCUT2D eigenvalue weighted by Gasteiger charge is -2.29. The summed E-state index contributed by atoms with van der Waals surface area (Å²) < 4.78 is 29.3. The number of hydrogen-bond acceptors (Lipinski definition) is 11. The summed E-state index contributed by atoms with van der Waals surface area (Å²) in [6, 6.07) is 10.4. The van der Waals surface area contributed by atoms with E-state index < -0.39 is 0 Å². The minimum atomic E-state index is 0.0910. The summed E-state index contributed by atoms with van der Waals surface area (Å²) in [4.78, 5) is 31.3. The predicted molar refractivity (Wildman–Crippen MR) is 188 cm³/mol. The number of fused-ring (bicyclic) bond motifs is 3.